The van der Waals surface area contributed by atoms with Crippen LogP contribution in [0.3, 0.4) is 0 Å². The van der Waals surface area contributed by atoms with Crippen LogP contribution in [-0.4, -0.2) is 9.97 Å². The van der Waals surface area contributed by atoms with Gasteiger partial charge in [0, 0.05) is 22.4 Å². The third kappa shape index (κ3) is 3.34. The molecule has 5 heteroatoms. The minimum atomic E-state index is 0.665. The predicted molar refractivity (Wildman–Crippen MR) is 115 cm³/mol. The number of para-hydroxylation sites is 1. The fourth-order valence-corrected chi connectivity index (χ4v) is 3.33. The summed E-state index contributed by atoms with van der Waals surface area (Å²) >= 11 is 0. The summed E-state index contributed by atoms with van der Waals surface area (Å²) in [6.07, 6.45) is 1.54. The van der Waals surface area contributed by atoms with Crippen LogP contribution in [0.25, 0.3) is 33.2 Å². The molecular formula is C24H18N4O. The average molecular weight is 378 g/mol. The Kier molecular flexibility index (Phi) is 4.26. The van der Waals surface area contributed by atoms with Crippen LogP contribution in [0, 0.1) is 6.92 Å². The largest absolute Gasteiger partial charge is 0.456 e. The number of aromatic nitrogens is 2. The van der Waals surface area contributed by atoms with Crippen LogP contribution in [-0.2, 0) is 0 Å². The van der Waals surface area contributed by atoms with Crippen molar-refractivity contribution in [2.75, 3.05) is 5.43 Å². The van der Waals surface area contributed by atoms with Gasteiger partial charge in [-0.3, -0.25) is 5.43 Å². The average Bonchev–Trinajstić information content (AvgIpc) is 2.78. The highest BCUT2D eigenvalue weighted by Crippen LogP contribution is 2.23. The van der Waals surface area contributed by atoms with Crippen molar-refractivity contribution >= 4 is 27.7 Å². The molecule has 5 rings (SSSR count). The highest BCUT2D eigenvalue weighted by atomic mass is 16.3. The second-order valence-corrected chi connectivity index (χ2v) is 6.82. The molecule has 1 N–H and O–H groups in total. The number of aryl methyl sites for hydroxylation is 1. The summed E-state index contributed by atoms with van der Waals surface area (Å²) in [5.74, 6) is 1.42. The van der Waals surface area contributed by atoms with Crippen molar-refractivity contribution < 1.29 is 4.42 Å². The molecule has 0 spiro atoms. The molecule has 2 heterocycles. The first-order valence-corrected chi connectivity index (χ1v) is 9.37. The maximum atomic E-state index is 6.15. The van der Waals surface area contributed by atoms with Gasteiger partial charge in [-0.1, -0.05) is 54.1 Å². The van der Waals surface area contributed by atoms with E-state index >= 15 is 0 Å². The van der Waals surface area contributed by atoms with Gasteiger partial charge in [-0.15, -0.1) is 0 Å². The first-order valence-electron chi connectivity index (χ1n) is 9.37. The number of nitrogens with one attached hydrogen (secondary N) is 1. The fourth-order valence-electron chi connectivity index (χ4n) is 3.33. The number of anilines is 1. The van der Waals surface area contributed by atoms with E-state index in [1.54, 1.807) is 0 Å². The summed E-state index contributed by atoms with van der Waals surface area (Å²) in [4.78, 5) is 8.67. The highest BCUT2D eigenvalue weighted by molar-refractivity contribution is 5.88. The normalized spacial score (nSPS) is 11.8. The van der Waals surface area contributed by atoms with Crippen LogP contribution in [0.1, 0.15) is 5.56 Å². The van der Waals surface area contributed by atoms with Crippen LogP contribution < -0.4 is 10.8 Å². The monoisotopic (exact) mass is 378 g/mol. The summed E-state index contributed by atoms with van der Waals surface area (Å²) in [5, 5.41) is 7.33. The number of nitrogens with zero attached hydrogens (tertiary/aromatic N) is 3. The molecule has 0 unspecified atom stereocenters. The van der Waals surface area contributed by atoms with Crippen LogP contribution in [0.5, 0.6) is 0 Å². The summed E-state index contributed by atoms with van der Waals surface area (Å²) in [6, 6.07) is 25.9. The van der Waals surface area contributed by atoms with Crippen LogP contribution >= 0.6 is 0 Å². The van der Waals surface area contributed by atoms with E-state index in [9.17, 15) is 0 Å². The SMILES string of the molecule is Cc1ccc2oc(-c3ccccc3)c/c(=N/Nc3ncnc4ccccc34)c2c1. The van der Waals surface area contributed by atoms with Crippen molar-refractivity contribution in [3.63, 3.8) is 0 Å². The third-order valence-electron chi connectivity index (χ3n) is 4.78. The molecule has 0 aliphatic carbocycles. The third-order valence-corrected chi connectivity index (χ3v) is 4.78. The van der Waals surface area contributed by atoms with Crippen molar-refractivity contribution in [3.8, 4) is 11.3 Å². The molecule has 0 aliphatic heterocycles. The topological polar surface area (TPSA) is 63.3 Å². The molecule has 0 bridgehead atoms. The molecule has 0 aliphatic rings. The van der Waals surface area contributed by atoms with Gasteiger partial charge in [0.1, 0.15) is 17.7 Å². The van der Waals surface area contributed by atoms with E-state index in [0.29, 0.717) is 5.82 Å². The first-order chi connectivity index (χ1) is 14.3. The zero-order valence-electron chi connectivity index (χ0n) is 15.8. The van der Waals surface area contributed by atoms with Gasteiger partial charge >= 0.3 is 0 Å². The lowest BCUT2D eigenvalue weighted by molar-refractivity contribution is 0.618. The van der Waals surface area contributed by atoms with Gasteiger partial charge in [0.05, 0.1) is 10.9 Å². The zero-order chi connectivity index (χ0) is 19.6. The molecule has 3 aromatic carbocycles. The molecule has 0 fully saturated rings. The van der Waals surface area contributed by atoms with E-state index < -0.39 is 0 Å². The van der Waals surface area contributed by atoms with Gasteiger partial charge in [0.15, 0.2) is 5.82 Å². The molecule has 0 saturated carbocycles. The van der Waals surface area contributed by atoms with Gasteiger partial charge in [0.2, 0.25) is 0 Å². The minimum Gasteiger partial charge on any atom is -0.456 e. The number of rotatable bonds is 3. The lowest BCUT2D eigenvalue weighted by Gasteiger charge is -2.07. The summed E-state index contributed by atoms with van der Waals surface area (Å²) in [5.41, 5.74) is 6.92. The van der Waals surface area contributed by atoms with E-state index in [2.05, 4.69) is 33.5 Å². The van der Waals surface area contributed by atoms with Crippen LogP contribution in [0.15, 0.2) is 94.7 Å². The first kappa shape index (κ1) is 17.1. The fraction of sp³-hybridized carbons (Fsp3) is 0.0417. The van der Waals surface area contributed by atoms with Gasteiger partial charge in [-0.25, -0.2) is 9.97 Å². The molecule has 2 aromatic heterocycles. The number of hydrogen-bond acceptors (Lipinski definition) is 5. The van der Waals surface area contributed by atoms with E-state index in [1.807, 2.05) is 72.8 Å². The van der Waals surface area contributed by atoms with E-state index in [-0.39, 0.29) is 0 Å². The molecule has 140 valence electrons. The zero-order valence-corrected chi connectivity index (χ0v) is 15.8. The second-order valence-electron chi connectivity index (χ2n) is 6.82. The number of fused-ring (bicyclic) bond motifs is 2. The maximum Gasteiger partial charge on any atom is 0.157 e. The molecular weight excluding hydrogens is 360 g/mol. The molecule has 5 nitrogen and oxygen atoms in total. The quantitative estimate of drug-likeness (QED) is 0.434. The predicted octanol–water partition coefficient (Wildman–Crippen LogP) is 5.28. The Morgan fingerprint density at radius 2 is 1.66 bits per heavy atom. The van der Waals surface area contributed by atoms with E-state index in [0.717, 1.165) is 44.1 Å². The van der Waals surface area contributed by atoms with Crippen molar-refractivity contribution in [1.29, 1.82) is 0 Å². The van der Waals surface area contributed by atoms with Crippen molar-refractivity contribution in [2.45, 2.75) is 6.92 Å². The van der Waals surface area contributed by atoms with Gasteiger partial charge in [-0.2, -0.15) is 5.10 Å². The maximum absolute atomic E-state index is 6.15. The number of hydrogen-bond donors (Lipinski definition) is 1. The molecule has 0 amide bonds. The molecule has 0 radical (unpaired) electrons. The standard InChI is InChI=1S/C24H18N4O/c1-16-11-12-22-19(13-16)21(14-23(29-22)17-7-3-2-4-8-17)27-28-24-18-9-5-6-10-20(18)25-15-26-24/h2-15H,1H3,(H,25,26,28)/b27-21-. The van der Waals surface area contributed by atoms with Gasteiger partial charge in [0.25, 0.3) is 0 Å². The Morgan fingerprint density at radius 1 is 0.828 bits per heavy atom. The summed E-state index contributed by atoms with van der Waals surface area (Å²) < 4.78 is 6.15. The lowest BCUT2D eigenvalue weighted by Crippen LogP contribution is -2.08. The van der Waals surface area contributed by atoms with Crippen LogP contribution in [0.2, 0.25) is 0 Å². The Labute approximate surface area is 167 Å². The molecule has 29 heavy (non-hydrogen) atoms. The minimum absolute atomic E-state index is 0.665. The molecule has 0 saturated heterocycles. The molecule has 0 atom stereocenters. The Bertz CT molecular complexity index is 1390. The van der Waals surface area contributed by atoms with Crippen molar-refractivity contribution in [2.24, 2.45) is 5.10 Å². The van der Waals surface area contributed by atoms with Crippen molar-refractivity contribution in [1.82, 2.24) is 9.97 Å². The Hall–Kier alpha value is -3.99. The molecule has 5 aromatic rings. The van der Waals surface area contributed by atoms with Crippen molar-refractivity contribution in [3.05, 3.63) is 96.1 Å². The summed E-state index contributed by atoms with van der Waals surface area (Å²) in [6.45, 7) is 2.06. The van der Waals surface area contributed by atoms with E-state index in [1.165, 1.54) is 6.33 Å². The smallest absolute Gasteiger partial charge is 0.157 e. The Morgan fingerprint density at radius 3 is 2.55 bits per heavy atom. The number of benzene rings is 3. The van der Waals surface area contributed by atoms with Gasteiger partial charge < -0.3 is 4.42 Å². The summed E-state index contributed by atoms with van der Waals surface area (Å²) in [7, 11) is 0. The Balaban J connectivity index is 1.69. The highest BCUT2D eigenvalue weighted by Gasteiger charge is 2.07. The second kappa shape index (κ2) is 7.20. The van der Waals surface area contributed by atoms with Crippen LogP contribution in [0.4, 0.5) is 5.82 Å². The van der Waals surface area contributed by atoms with E-state index in [4.69, 9.17) is 4.42 Å². The van der Waals surface area contributed by atoms with Gasteiger partial charge in [-0.05, 0) is 31.2 Å². The lowest BCUT2D eigenvalue weighted by atomic mass is 10.1.